The van der Waals surface area contributed by atoms with Gasteiger partial charge < -0.3 is 14.9 Å². The summed E-state index contributed by atoms with van der Waals surface area (Å²) in [4.78, 5) is 11.7. The first-order valence-electron chi connectivity index (χ1n) is 5.27. The second-order valence-electron chi connectivity index (χ2n) is 3.17. The molecule has 0 radical (unpaired) electrons. The highest BCUT2D eigenvalue weighted by molar-refractivity contribution is 7.80. The van der Waals surface area contributed by atoms with Crippen LogP contribution < -0.4 is 16.6 Å². The van der Waals surface area contributed by atoms with Gasteiger partial charge in [-0.1, -0.05) is 0 Å². The summed E-state index contributed by atoms with van der Waals surface area (Å²) >= 11 is 4.63. The van der Waals surface area contributed by atoms with Gasteiger partial charge in [0, 0.05) is 0 Å². The van der Waals surface area contributed by atoms with Crippen LogP contribution in [0.25, 0.3) is 5.70 Å². The number of nitrogens with one attached hydrogen (secondary N) is 2. The lowest BCUT2D eigenvalue weighted by atomic mass is 10.2. The van der Waals surface area contributed by atoms with Gasteiger partial charge in [-0.05, 0) is 31.3 Å². The number of esters is 1. The van der Waals surface area contributed by atoms with Gasteiger partial charge in [0.05, 0.1) is 12.9 Å². The van der Waals surface area contributed by atoms with Crippen molar-refractivity contribution in [3.63, 3.8) is 0 Å². The number of furan rings is 1. The zero-order valence-electron chi connectivity index (χ0n) is 10.1. The van der Waals surface area contributed by atoms with E-state index in [1.807, 2.05) is 0 Å². The van der Waals surface area contributed by atoms with E-state index in [0.717, 1.165) is 0 Å². The molecule has 7 nitrogen and oxygen atoms in total. The van der Waals surface area contributed by atoms with E-state index in [-0.39, 0.29) is 28.7 Å². The second-order valence-corrected chi connectivity index (χ2v) is 3.61. The molecule has 1 rings (SSSR count). The van der Waals surface area contributed by atoms with Gasteiger partial charge in [0.1, 0.15) is 11.8 Å². The summed E-state index contributed by atoms with van der Waals surface area (Å²) in [5.41, 5.74) is 10.1. The fraction of sp³-hybridized carbons (Fsp3) is 0.182. The number of carbonyl (C=O) groups excluding carboxylic acids is 1. The molecule has 19 heavy (non-hydrogen) atoms. The highest BCUT2D eigenvalue weighted by Gasteiger charge is 2.20. The molecule has 0 unspecified atom stereocenters. The van der Waals surface area contributed by atoms with Gasteiger partial charge in [-0.25, -0.2) is 4.79 Å². The van der Waals surface area contributed by atoms with Crippen molar-refractivity contribution < 1.29 is 13.9 Å². The van der Waals surface area contributed by atoms with Crippen LogP contribution in [0.5, 0.6) is 0 Å². The highest BCUT2D eigenvalue weighted by atomic mass is 32.1. The largest absolute Gasteiger partial charge is 0.463 e. The lowest BCUT2D eigenvalue weighted by molar-refractivity contribution is -0.137. The number of hydrazine groups is 1. The number of carbonyl (C=O) groups is 1. The van der Waals surface area contributed by atoms with Crippen molar-refractivity contribution >= 4 is 29.0 Å². The third-order valence-electron chi connectivity index (χ3n) is 1.92. The van der Waals surface area contributed by atoms with Crippen LogP contribution in [0.15, 0.2) is 28.4 Å². The maximum absolute atomic E-state index is 11.7. The molecule has 0 saturated heterocycles. The Hall–Kier alpha value is -2.53. The molecule has 8 heteroatoms. The second kappa shape index (κ2) is 7.03. The average molecular weight is 280 g/mol. The Balaban J connectivity index is 3.15. The maximum Gasteiger partial charge on any atom is 0.351 e. The molecule has 0 saturated carbocycles. The minimum absolute atomic E-state index is 0.0507. The number of nitrogens with zero attached hydrogens (tertiary/aromatic N) is 1. The molecule has 1 heterocycles. The van der Waals surface area contributed by atoms with E-state index < -0.39 is 5.97 Å². The van der Waals surface area contributed by atoms with Gasteiger partial charge in [-0.3, -0.25) is 10.9 Å². The minimum atomic E-state index is -0.770. The first-order valence-corrected chi connectivity index (χ1v) is 5.67. The lowest BCUT2D eigenvalue weighted by Gasteiger charge is -2.11. The molecule has 0 amide bonds. The number of rotatable bonds is 5. The Morgan fingerprint density at radius 2 is 2.37 bits per heavy atom. The van der Waals surface area contributed by atoms with Crippen LogP contribution in [0.2, 0.25) is 0 Å². The fourth-order valence-electron chi connectivity index (χ4n) is 1.20. The minimum Gasteiger partial charge on any atom is -0.463 e. The molecule has 1 aromatic heterocycles. The lowest BCUT2D eigenvalue weighted by Crippen LogP contribution is -2.40. The molecular formula is C11H12N4O3S. The van der Waals surface area contributed by atoms with E-state index in [2.05, 4.69) is 23.1 Å². The molecule has 0 fully saturated rings. The van der Waals surface area contributed by atoms with Crippen LogP contribution in [0, 0.1) is 11.3 Å². The van der Waals surface area contributed by atoms with Gasteiger partial charge in [0.15, 0.2) is 16.4 Å². The van der Waals surface area contributed by atoms with Gasteiger partial charge in [0.25, 0.3) is 0 Å². The molecule has 4 N–H and O–H groups in total. The number of hydrogen-bond acceptors (Lipinski definition) is 6. The van der Waals surface area contributed by atoms with E-state index in [1.54, 1.807) is 25.1 Å². The molecular weight excluding hydrogens is 268 g/mol. The number of thiocarbonyl (C=S) groups is 1. The number of nitriles is 1. The van der Waals surface area contributed by atoms with E-state index in [9.17, 15) is 4.79 Å². The number of ether oxygens (including phenoxy) is 1. The van der Waals surface area contributed by atoms with Crippen LogP contribution in [0.4, 0.5) is 0 Å². The first-order chi connectivity index (χ1) is 9.10. The van der Waals surface area contributed by atoms with Crippen LogP contribution in [0.3, 0.4) is 0 Å². The number of hydrogen-bond donors (Lipinski definition) is 3. The van der Waals surface area contributed by atoms with Crippen molar-refractivity contribution in [3.8, 4) is 6.07 Å². The Bertz CT molecular complexity index is 531. The van der Waals surface area contributed by atoms with E-state index >= 15 is 0 Å². The standard InChI is InChI=1S/C11H12N4O3S/c1-2-17-10(16)7(6-12)9(14-15-11(13)19)8-4-3-5-18-8/h3-5,14H,2H2,1H3,(H3,13,15,19)/b9-7+. The quantitative estimate of drug-likeness (QED) is 0.234. The van der Waals surface area contributed by atoms with Crippen molar-refractivity contribution in [1.29, 1.82) is 5.26 Å². The SMILES string of the molecule is CCOC(=O)/C(C#N)=C(/NNC(N)=S)c1ccco1. The normalized spacial score (nSPS) is 10.9. The summed E-state index contributed by atoms with van der Waals surface area (Å²) in [5, 5.41) is 9.02. The van der Waals surface area contributed by atoms with Crippen molar-refractivity contribution in [2.24, 2.45) is 5.73 Å². The van der Waals surface area contributed by atoms with Crippen molar-refractivity contribution in [2.75, 3.05) is 6.61 Å². The van der Waals surface area contributed by atoms with Crippen LogP contribution in [0.1, 0.15) is 12.7 Å². The summed E-state index contributed by atoms with van der Waals surface area (Å²) in [6, 6.07) is 4.94. The summed E-state index contributed by atoms with van der Waals surface area (Å²) in [6.07, 6.45) is 1.40. The third kappa shape index (κ3) is 4.01. The topological polar surface area (TPSA) is 113 Å². The molecule has 100 valence electrons. The first kappa shape index (κ1) is 14.5. The Morgan fingerprint density at radius 3 is 2.84 bits per heavy atom. The Kier molecular flexibility index (Phi) is 5.37. The maximum atomic E-state index is 11.7. The van der Waals surface area contributed by atoms with Gasteiger partial charge in [-0.2, -0.15) is 5.26 Å². The van der Waals surface area contributed by atoms with Crippen LogP contribution in [-0.4, -0.2) is 17.7 Å². The van der Waals surface area contributed by atoms with Gasteiger partial charge in [0.2, 0.25) is 0 Å². The van der Waals surface area contributed by atoms with Crippen molar-refractivity contribution in [1.82, 2.24) is 10.9 Å². The molecule has 0 aliphatic rings. The van der Waals surface area contributed by atoms with E-state index in [1.165, 1.54) is 6.26 Å². The summed E-state index contributed by atoms with van der Waals surface area (Å²) in [5.74, 6) is -0.498. The van der Waals surface area contributed by atoms with E-state index in [0.29, 0.717) is 0 Å². The monoisotopic (exact) mass is 280 g/mol. The molecule has 0 bridgehead atoms. The summed E-state index contributed by atoms with van der Waals surface area (Å²) < 4.78 is 9.92. The molecule has 0 aliphatic carbocycles. The molecule has 0 spiro atoms. The molecule has 1 aromatic rings. The Morgan fingerprint density at radius 1 is 1.63 bits per heavy atom. The van der Waals surface area contributed by atoms with Gasteiger partial charge in [-0.15, -0.1) is 0 Å². The predicted octanol–water partition coefficient (Wildman–Crippen LogP) is 0.415. The molecule has 0 aromatic carbocycles. The Labute approximate surface area is 115 Å². The number of nitrogens with two attached hydrogens (primary N) is 1. The van der Waals surface area contributed by atoms with Crippen molar-refractivity contribution in [3.05, 3.63) is 29.7 Å². The fourth-order valence-corrected chi connectivity index (χ4v) is 1.25. The van der Waals surface area contributed by atoms with Gasteiger partial charge >= 0.3 is 5.97 Å². The molecule has 0 aliphatic heterocycles. The smallest absolute Gasteiger partial charge is 0.351 e. The van der Waals surface area contributed by atoms with E-state index in [4.69, 9.17) is 20.1 Å². The zero-order chi connectivity index (χ0) is 14.3. The summed E-state index contributed by atoms with van der Waals surface area (Å²) in [6.45, 7) is 1.79. The van der Waals surface area contributed by atoms with Crippen LogP contribution in [-0.2, 0) is 9.53 Å². The average Bonchev–Trinajstić information content (AvgIpc) is 2.87. The third-order valence-corrected chi connectivity index (χ3v) is 2.02. The molecule has 0 atom stereocenters. The van der Waals surface area contributed by atoms with Crippen LogP contribution >= 0.6 is 12.2 Å². The highest BCUT2D eigenvalue weighted by Crippen LogP contribution is 2.16. The van der Waals surface area contributed by atoms with Crippen molar-refractivity contribution in [2.45, 2.75) is 6.92 Å². The predicted molar refractivity (Wildman–Crippen MR) is 70.9 cm³/mol. The summed E-state index contributed by atoms with van der Waals surface area (Å²) in [7, 11) is 0. The zero-order valence-corrected chi connectivity index (χ0v) is 10.9.